The van der Waals surface area contributed by atoms with Crippen LogP contribution in [0.1, 0.15) is 46.0 Å². The SMILES string of the molecule is CC(C)CCCCCCNC(=O)C(F)(F)C(F)(F)F. The van der Waals surface area contributed by atoms with E-state index in [1.807, 2.05) is 0 Å². The number of carbonyl (C=O) groups is 1. The molecule has 0 unspecified atom stereocenters. The van der Waals surface area contributed by atoms with E-state index >= 15 is 0 Å². The molecular weight excluding hydrogens is 269 g/mol. The predicted molar refractivity (Wildman–Crippen MR) is 61.9 cm³/mol. The zero-order chi connectivity index (χ0) is 15.1. The normalized spacial score (nSPS) is 12.8. The van der Waals surface area contributed by atoms with Gasteiger partial charge in [0.05, 0.1) is 0 Å². The number of alkyl halides is 5. The lowest BCUT2D eigenvalue weighted by Crippen LogP contribution is -2.50. The zero-order valence-corrected chi connectivity index (χ0v) is 11.1. The maximum Gasteiger partial charge on any atom is 0.463 e. The quantitative estimate of drug-likeness (QED) is 0.533. The van der Waals surface area contributed by atoms with Crippen molar-refractivity contribution in [3.8, 4) is 0 Å². The van der Waals surface area contributed by atoms with Crippen LogP contribution in [0.4, 0.5) is 22.0 Å². The first-order valence-corrected chi connectivity index (χ1v) is 6.32. The molecule has 0 heterocycles. The van der Waals surface area contributed by atoms with Gasteiger partial charge in [0.15, 0.2) is 0 Å². The fourth-order valence-corrected chi connectivity index (χ4v) is 1.47. The number of nitrogens with one attached hydrogen (secondary N) is 1. The van der Waals surface area contributed by atoms with Gasteiger partial charge in [-0.05, 0) is 12.3 Å². The summed E-state index contributed by atoms with van der Waals surface area (Å²) in [7, 11) is 0. The largest absolute Gasteiger partial charge is 0.463 e. The van der Waals surface area contributed by atoms with Crippen LogP contribution in [0.3, 0.4) is 0 Å². The predicted octanol–water partition coefficient (Wildman–Crippen LogP) is 3.91. The molecule has 114 valence electrons. The molecule has 0 aliphatic rings. The van der Waals surface area contributed by atoms with Crippen LogP contribution < -0.4 is 5.32 Å². The third kappa shape index (κ3) is 6.73. The molecule has 0 aliphatic heterocycles. The van der Waals surface area contributed by atoms with E-state index in [1.54, 1.807) is 5.32 Å². The smallest absolute Gasteiger partial charge is 0.351 e. The minimum absolute atomic E-state index is 0.161. The van der Waals surface area contributed by atoms with Gasteiger partial charge in [-0.25, -0.2) is 0 Å². The molecule has 0 saturated carbocycles. The molecule has 0 rings (SSSR count). The van der Waals surface area contributed by atoms with E-state index in [9.17, 15) is 26.7 Å². The number of hydrogen-bond acceptors (Lipinski definition) is 1. The summed E-state index contributed by atoms with van der Waals surface area (Å²) in [5.41, 5.74) is 0. The van der Waals surface area contributed by atoms with Gasteiger partial charge in [-0.15, -0.1) is 0 Å². The van der Waals surface area contributed by atoms with Crippen LogP contribution in [-0.2, 0) is 4.79 Å². The number of amides is 1. The highest BCUT2D eigenvalue weighted by molar-refractivity contribution is 5.84. The van der Waals surface area contributed by atoms with Gasteiger partial charge >= 0.3 is 12.1 Å². The third-order valence-corrected chi connectivity index (χ3v) is 2.64. The van der Waals surface area contributed by atoms with Crippen molar-refractivity contribution in [1.82, 2.24) is 5.32 Å². The second-order valence-corrected chi connectivity index (χ2v) is 4.92. The van der Waals surface area contributed by atoms with Gasteiger partial charge in [0.2, 0.25) is 0 Å². The third-order valence-electron chi connectivity index (χ3n) is 2.64. The maximum absolute atomic E-state index is 12.5. The van der Waals surface area contributed by atoms with Crippen molar-refractivity contribution in [2.24, 2.45) is 5.92 Å². The van der Waals surface area contributed by atoms with Gasteiger partial charge in [0.1, 0.15) is 0 Å². The van der Waals surface area contributed by atoms with Crippen LogP contribution in [0.5, 0.6) is 0 Å². The van der Waals surface area contributed by atoms with Crippen molar-refractivity contribution in [3.05, 3.63) is 0 Å². The molecule has 0 radical (unpaired) electrons. The van der Waals surface area contributed by atoms with Crippen LogP contribution in [0.15, 0.2) is 0 Å². The Morgan fingerprint density at radius 1 is 1.00 bits per heavy atom. The second-order valence-electron chi connectivity index (χ2n) is 4.92. The first kappa shape index (κ1) is 18.1. The first-order chi connectivity index (χ1) is 8.59. The van der Waals surface area contributed by atoms with Crippen molar-refractivity contribution in [2.45, 2.75) is 58.1 Å². The van der Waals surface area contributed by atoms with Crippen LogP contribution >= 0.6 is 0 Å². The molecule has 0 saturated heterocycles. The topological polar surface area (TPSA) is 29.1 Å². The molecule has 0 aromatic heterocycles. The monoisotopic (exact) mass is 289 g/mol. The Bertz CT molecular complexity index is 276. The van der Waals surface area contributed by atoms with Gasteiger partial charge < -0.3 is 5.32 Å². The number of rotatable bonds is 8. The van der Waals surface area contributed by atoms with Crippen LogP contribution in [-0.4, -0.2) is 24.6 Å². The lowest BCUT2D eigenvalue weighted by atomic mass is 10.0. The van der Waals surface area contributed by atoms with Crippen molar-refractivity contribution < 1.29 is 26.7 Å². The van der Waals surface area contributed by atoms with Gasteiger partial charge in [-0.2, -0.15) is 22.0 Å². The van der Waals surface area contributed by atoms with E-state index in [0.717, 1.165) is 19.3 Å². The van der Waals surface area contributed by atoms with Gasteiger partial charge in [-0.3, -0.25) is 4.79 Å². The molecule has 0 fully saturated rings. The number of unbranched alkanes of at least 4 members (excludes halogenated alkanes) is 3. The molecule has 1 amide bonds. The van der Waals surface area contributed by atoms with Crippen LogP contribution in [0.2, 0.25) is 0 Å². The number of halogens is 5. The summed E-state index contributed by atoms with van der Waals surface area (Å²) in [4.78, 5) is 10.7. The summed E-state index contributed by atoms with van der Waals surface area (Å²) in [6, 6.07) is 0. The number of hydrogen-bond donors (Lipinski definition) is 1. The van der Waals surface area contributed by atoms with Crippen molar-refractivity contribution in [1.29, 1.82) is 0 Å². The lowest BCUT2D eigenvalue weighted by Gasteiger charge is -2.18. The Morgan fingerprint density at radius 3 is 2.00 bits per heavy atom. The molecule has 0 bridgehead atoms. The maximum atomic E-state index is 12.5. The van der Waals surface area contributed by atoms with Crippen LogP contribution in [0.25, 0.3) is 0 Å². The molecule has 2 nitrogen and oxygen atoms in total. The van der Waals surface area contributed by atoms with E-state index in [-0.39, 0.29) is 6.54 Å². The minimum atomic E-state index is -5.84. The molecule has 0 spiro atoms. The summed E-state index contributed by atoms with van der Waals surface area (Å²) in [5, 5.41) is 1.62. The standard InChI is InChI=1S/C12H20F5NO/c1-9(2)7-5-3-4-6-8-18-10(19)11(13,14)12(15,16)17/h9H,3-8H2,1-2H3,(H,18,19). The van der Waals surface area contributed by atoms with Crippen LogP contribution in [0, 0.1) is 5.92 Å². The van der Waals surface area contributed by atoms with Crippen molar-refractivity contribution in [2.75, 3.05) is 6.54 Å². The summed E-state index contributed by atoms with van der Waals surface area (Å²) in [5.74, 6) is -7.00. The van der Waals surface area contributed by atoms with Gasteiger partial charge in [0, 0.05) is 6.54 Å². The molecular formula is C12H20F5NO. The Kier molecular flexibility index (Phi) is 7.29. The molecule has 7 heteroatoms. The van der Waals surface area contributed by atoms with Gasteiger partial charge in [-0.1, -0.05) is 39.5 Å². The van der Waals surface area contributed by atoms with Crippen molar-refractivity contribution in [3.63, 3.8) is 0 Å². The number of carbonyl (C=O) groups excluding carboxylic acids is 1. The average Bonchev–Trinajstić information content (AvgIpc) is 2.25. The Hall–Kier alpha value is -0.880. The Labute approximate surface area is 109 Å². The van der Waals surface area contributed by atoms with E-state index in [4.69, 9.17) is 0 Å². The van der Waals surface area contributed by atoms with E-state index in [1.165, 1.54) is 0 Å². The summed E-state index contributed by atoms with van der Waals surface area (Å²) in [6.07, 6.45) is -1.82. The first-order valence-electron chi connectivity index (χ1n) is 6.32. The molecule has 19 heavy (non-hydrogen) atoms. The average molecular weight is 289 g/mol. The lowest BCUT2D eigenvalue weighted by molar-refractivity contribution is -0.269. The molecule has 0 aromatic rings. The molecule has 0 aromatic carbocycles. The fourth-order valence-electron chi connectivity index (χ4n) is 1.47. The molecule has 0 atom stereocenters. The summed E-state index contributed by atoms with van der Waals surface area (Å²) < 4.78 is 60.5. The molecule has 0 aliphatic carbocycles. The van der Waals surface area contributed by atoms with E-state index in [0.29, 0.717) is 18.8 Å². The van der Waals surface area contributed by atoms with Gasteiger partial charge in [0.25, 0.3) is 5.91 Å². The summed E-state index contributed by atoms with van der Waals surface area (Å²) in [6.45, 7) is 4.01. The second kappa shape index (κ2) is 7.65. The van der Waals surface area contributed by atoms with E-state index in [2.05, 4.69) is 13.8 Å². The highest BCUT2D eigenvalue weighted by Crippen LogP contribution is 2.35. The molecule has 1 N–H and O–H groups in total. The fraction of sp³-hybridized carbons (Fsp3) is 0.917. The highest BCUT2D eigenvalue weighted by Gasteiger charge is 2.63. The van der Waals surface area contributed by atoms with E-state index < -0.39 is 18.0 Å². The minimum Gasteiger partial charge on any atom is -0.351 e. The van der Waals surface area contributed by atoms with Crippen molar-refractivity contribution >= 4 is 5.91 Å². The summed E-state index contributed by atoms with van der Waals surface area (Å²) >= 11 is 0. The Balaban J connectivity index is 3.76. The zero-order valence-electron chi connectivity index (χ0n) is 11.1. The Morgan fingerprint density at radius 2 is 1.53 bits per heavy atom. The highest BCUT2D eigenvalue weighted by atomic mass is 19.4.